The molecule has 1 aromatic carbocycles. The van der Waals surface area contributed by atoms with Gasteiger partial charge in [-0.3, -0.25) is 0 Å². The van der Waals surface area contributed by atoms with Crippen LogP contribution >= 0.6 is 0 Å². The SMILES string of the molecule is CC(C)C[C@@H](O)[C@@H](Cc1ccc(C#N)cc1)NC(=O)O. The smallest absolute Gasteiger partial charge is 0.404 e. The maximum atomic E-state index is 10.8. The van der Waals surface area contributed by atoms with Crippen molar-refractivity contribution in [3.8, 4) is 6.07 Å². The van der Waals surface area contributed by atoms with Crippen molar-refractivity contribution in [3.63, 3.8) is 0 Å². The second-order valence-electron chi connectivity index (χ2n) is 5.27. The van der Waals surface area contributed by atoms with Gasteiger partial charge in [0.1, 0.15) is 0 Å². The first-order chi connectivity index (χ1) is 9.42. The number of nitriles is 1. The van der Waals surface area contributed by atoms with Crippen LogP contribution < -0.4 is 5.32 Å². The molecule has 0 bridgehead atoms. The van der Waals surface area contributed by atoms with E-state index in [1.807, 2.05) is 19.9 Å². The van der Waals surface area contributed by atoms with Crippen LogP contribution in [0.15, 0.2) is 24.3 Å². The number of nitrogens with one attached hydrogen (secondary N) is 1. The molecule has 20 heavy (non-hydrogen) atoms. The predicted octanol–water partition coefficient (Wildman–Crippen LogP) is 2.14. The fourth-order valence-electron chi connectivity index (χ4n) is 2.06. The van der Waals surface area contributed by atoms with Crippen LogP contribution in [0.4, 0.5) is 4.79 Å². The number of aliphatic hydroxyl groups excluding tert-OH is 1. The fraction of sp³-hybridized carbons (Fsp3) is 0.467. The Balaban J connectivity index is 2.77. The number of rotatable bonds is 6. The minimum absolute atomic E-state index is 0.282. The Bertz CT molecular complexity index is 477. The highest BCUT2D eigenvalue weighted by atomic mass is 16.4. The lowest BCUT2D eigenvalue weighted by molar-refractivity contribution is 0.101. The van der Waals surface area contributed by atoms with Crippen molar-refractivity contribution in [2.75, 3.05) is 0 Å². The van der Waals surface area contributed by atoms with E-state index in [2.05, 4.69) is 5.32 Å². The van der Waals surface area contributed by atoms with Crippen molar-refractivity contribution in [2.45, 2.75) is 38.8 Å². The number of carboxylic acid groups (broad SMARTS) is 1. The zero-order valence-electron chi connectivity index (χ0n) is 11.7. The predicted molar refractivity (Wildman–Crippen MR) is 75.3 cm³/mol. The molecule has 0 spiro atoms. The molecular formula is C15H20N2O3. The van der Waals surface area contributed by atoms with E-state index in [1.54, 1.807) is 24.3 Å². The number of hydrogen-bond acceptors (Lipinski definition) is 3. The van der Waals surface area contributed by atoms with Gasteiger partial charge in [-0.2, -0.15) is 5.26 Å². The van der Waals surface area contributed by atoms with E-state index in [0.29, 0.717) is 18.4 Å². The maximum Gasteiger partial charge on any atom is 0.404 e. The summed E-state index contributed by atoms with van der Waals surface area (Å²) in [7, 11) is 0. The summed E-state index contributed by atoms with van der Waals surface area (Å²) in [5.74, 6) is 0.282. The van der Waals surface area contributed by atoms with Gasteiger partial charge in [-0.05, 0) is 36.5 Å². The Labute approximate surface area is 118 Å². The minimum Gasteiger partial charge on any atom is -0.465 e. The molecule has 0 aliphatic rings. The summed E-state index contributed by atoms with van der Waals surface area (Å²) in [4.78, 5) is 10.8. The second kappa shape index (κ2) is 7.51. The van der Waals surface area contributed by atoms with Gasteiger partial charge >= 0.3 is 6.09 Å². The first kappa shape index (κ1) is 16.0. The van der Waals surface area contributed by atoms with E-state index in [9.17, 15) is 9.90 Å². The Morgan fingerprint density at radius 3 is 2.40 bits per heavy atom. The van der Waals surface area contributed by atoms with Crippen molar-refractivity contribution in [3.05, 3.63) is 35.4 Å². The van der Waals surface area contributed by atoms with Gasteiger partial charge in [0.15, 0.2) is 0 Å². The largest absolute Gasteiger partial charge is 0.465 e. The molecule has 5 nitrogen and oxygen atoms in total. The highest BCUT2D eigenvalue weighted by Crippen LogP contribution is 2.13. The molecule has 0 saturated carbocycles. The number of nitrogens with zero attached hydrogens (tertiary/aromatic N) is 1. The third kappa shape index (κ3) is 5.29. The quantitative estimate of drug-likeness (QED) is 0.742. The van der Waals surface area contributed by atoms with Gasteiger partial charge in [0, 0.05) is 0 Å². The molecule has 0 unspecified atom stereocenters. The van der Waals surface area contributed by atoms with E-state index in [1.165, 1.54) is 0 Å². The monoisotopic (exact) mass is 276 g/mol. The maximum absolute atomic E-state index is 10.8. The molecule has 0 heterocycles. The van der Waals surface area contributed by atoms with Crippen LogP contribution in [0.25, 0.3) is 0 Å². The second-order valence-corrected chi connectivity index (χ2v) is 5.27. The molecule has 108 valence electrons. The molecule has 5 heteroatoms. The van der Waals surface area contributed by atoms with Crippen LogP contribution in [0.2, 0.25) is 0 Å². The van der Waals surface area contributed by atoms with Gasteiger partial charge < -0.3 is 15.5 Å². The van der Waals surface area contributed by atoms with Crippen LogP contribution in [-0.2, 0) is 6.42 Å². The molecule has 0 fully saturated rings. The Morgan fingerprint density at radius 2 is 1.95 bits per heavy atom. The van der Waals surface area contributed by atoms with Gasteiger partial charge in [-0.1, -0.05) is 26.0 Å². The summed E-state index contributed by atoms with van der Waals surface area (Å²) < 4.78 is 0. The molecule has 0 aliphatic carbocycles. The number of aliphatic hydroxyl groups is 1. The summed E-state index contributed by atoms with van der Waals surface area (Å²) in [5.41, 5.74) is 1.43. The topological polar surface area (TPSA) is 93.4 Å². The molecule has 0 aliphatic heterocycles. The summed E-state index contributed by atoms with van der Waals surface area (Å²) in [6, 6.07) is 8.39. The van der Waals surface area contributed by atoms with E-state index in [0.717, 1.165) is 5.56 Å². The lowest BCUT2D eigenvalue weighted by Gasteiger charge is -2.24. The van der Waals surface area contributed by atoms with Crippen molar-refractivity contribution in [2.24, 2.45) is 5.92 Å². The number of carbonyl (C=O) groups is 1. The zero-order valence-corrected chi connectivity index (χ0v) is 11.7. The average Bonchev–Trinajstić information content (AvgIpc) is 2.37. The lowest BCUT2D eigenvalue weighted by atomic mass is 9.95. The molecule has 1 amide bonds. The molecular weight excluding hydrogens is 256 g/mol. The van der Waals surface area contributed by atoms with Crippen LogP contribution in [-0.4, -0.2) is 28.5 Å². The number of benzene rings is 1. The number of amides is 1. The summed E-state index contributed by atoms with van der Waals surface area (Å²) in [5, 5.41) is 30.1. The van der Waals surface area contributed by atoms with Gasteiger partial charge in [0.2, 0.25) is 0 Å². The van der Waals surface area contributed by atoms with Crippen LogP contribution in [0.3, 0.4) is 0 Å². The summed E-state index contributed by atoms with van der Waals surface area (Å²) >= 11 is 0. The van der Waals surface area contributed by atoms with Crippen LogP contribution in [0.1, 0.15) is 31.4 Å². The fourth-order valence-corrected chi connectivity index (χ4v) is 2.06. The molecule has 3 N–H and O–H groups in total. The van der Waals surface area contributed by atoms with Crippen molar-refractivity contribution >= 4 is 6.09 Å². The normalized spacial score (nSPS) is 13.6. The molecule has 1 rings (SSSR count). The molecule has 0 radical (unpaired) electrons. The van der Waals surface area contributed by atoms with E-state index in [4.69, 9.17) is 10.4 Å². The average molecular weight is 276 g/mol. The van der Waals surface area contributed by atoms with E-state index in [-0.39, 0.29) is 5.92 Å². The Kier molecular flexibility index (Phi) is 6.01. The molecule has 1 aromatic rings. The third-order valence-electron chi connectivity index (χ3n) is 3.02. The summed E-state index contributed by atoms with van der Waals surface area (Å²) in [6.45, 7) is 3.95. The van der Waals surface area contributed by atoms with Crippen LogP contribution in [0, 0.1) is 17.2 Å². The molecule has 0 aromatic heterocycles. The minimum atomic E-state index is -1.15. The highest BCUT2D eigenvalue weighted by molar-refractivity contribution is 5.65. The van der Waals surface area contributed by atoms with E-state index < -0.39 is 18.2 Å². The first-order valence-electron chi connectivity index (χ1n) is 6.59. The van der Waals surface area contributed by atoms with Gasteiger partial charge in [0.25, 0.3) is 0 Å². The third-order valence-corrected chi connectivity index (χ3v) is 3.02. The highest BCUT2D eigenvalue weighted by Gasteiger charge is 2.22. The standard InChI is InChI=1S/C15H20N2O3/c1-10(2)7-14(18)13(17-15(19)20)8-11-3-5-12(9-16)6-4-11/h3-6,10,13-14,17-18H,7-8H2,1-2H3,(H,19,20)/t13-,14-/m1/s1. The Hall–Kier alpha value is -2.06. The van der Waals surface area contributed by atoms with Crippen molar-refractivity contribution in [1.29, 1.82) is 5.26 Å². The van der Waals surface area contributed by atoms with Crippen molar-refractivity contribution < 1.29 is 15.0 Å². The van der Waals surface area contributed by atoms with Crippen LogP contribution in [0.5, 0.6) is 0 Å². The first-order valence-corrected chi connectivity index (χ1v) is 6.59. The molecule has 0 saturated heterocycles. The van der Waals surface area contributed by atoms with Gasteiger partial charge in [0.05, 0.1) is 23.8 Å². The van der Waals surface area contributed by atoms with E-state index >= 15 is 0 Å². The summed E-state index contributed by atoms with van der Waals surface area (Å²) in [6.07, 6.45) is -0.958. The molecule has 2 atom stereocenters. The number of hydrogen-bond donors (Lipinski definition) is 3. The van der Waals surface area contributed by atoms with Gasteiger partial charge in [-0.25, -0.2) is 4.79 Å². The van der Waals surface area contributed by atoms with Gasteiger partial charge in [-0.15, -0.1) is 0 Å². The Morgan fingerprint density at radius 1 is 1.35 bits per heavy atom. The van der Waals surface area contributed by atoms with Crippen molar-refractivity contribution in [1.82, 2.24) is 5.32 Å². The zero-order chi connectivity index (χ0) is 15.1. The lowest BCUT2D eigenvalue weighted by Crippen LogP contribution is -2.44.